The third-order valence-electron chi connectivity index (χ3n) is 6.69. The summed E-state index contributed by atoms with van der Waals surface area (Å²) >= 11 is 0. The van der Waals surface area contributed by atoms with Crippen molar-refractivity contribution in [1.29, 1.82) is 0 Å². The van der Waals surface area contributed by atoms with Crippen LogP contribution in [0.4, 0.5) is 17.5 Å². The fraction of sp³-hybridized carbons (Fsp3) is 0.400. The van der Waals surface area contributed by atoms with E-state index in [0.717, 1.165) is 16.9 Å². The van der Waals surface area contributed by atoms with Gasteiger partial charge < -0.3 is 19.6 Å². The van der Waals surface area contributed by atoms with Gasteiger partial charge in [0.2, 0.25) is 11.9 Å². The lowest BCUT2D eigenvalue weighted by Crippen LogP contribution is -2.48. The summed E-state index contributed by atoms with van der Waals surface area (Å²) < 4.78 is 1.82. The highest BCUT2D eigenvalue weighted by atomic mass is 16.2. The van der Waals surface area contributed by atoms with Crippen LogP contribution < -0.4 is 9.80 Å². The maximum absolute atomic E-state index is 13.2. The first-order valence-electron chi connectivity index (χ1n) is 11.9. The van der Waals surface area contributed by atoms with Gasteiger partial charge in [0.15, 0.2) is 0 Å². The van der Waals surface area contributed by atoms with Gasteiger partial charge in [0.1, 0.15) is 11.5 Å². The van der Waals surface area contributed by atoms with Crippen molar-refractivity contribution in [1.82, 2.24) is 29.5 Å². The number of piperazine rings is 1. The van der Waals surface area contributed by atoms with E-state index in [-0.39, 0.29) is 17.9 Å². The van der Waals surface area contributed by atoms with Crippen molar-refractivity contribution in [2.24, 2.45) is 0 Å². The van der Waals surface area contributed by atoms with Crippen molar-refractivity contribution in [3.8, 4) is 5.69 Å². The Bertz CT molecular complexity index is 1250. The Morgan fingerprint density at radius 3 is 2.43 bits per heavy atom. The summed E-state index contributed by atoms with van der Waals surface area (Å²) in [5, 5.41) is 4.53. The molecule has 0 spiro atoms. The predicted molar refractivity (Wildman–Crippen MR) is 133 cm³/mol. The highest BCUT2D eigenvalue weighted by molar-refractivity contribution is 5.98. The fourth-order valence-corrected chi connectivity index (χ4v) is 4.55. The van der Waals surface area contributed by atoms with Gasteiger partial charge in [-0.1, -0.05) is 18.2 Å². The van der Waals surface area contributed by atoms with Crippen LogP contribution in [-0.2, 0) is 11.3 Å². The van der Waals surface area contributed by atoms with E-state index in [1.54, 1.807) is 13.1 Å². The molecule has 0 aliphatic carbocycles. The first-order valence-corrected chi connectivity index (χ1v) is 11.9. The number of carbonyl (C=O) groups is 2. The minimum Gasteiger partial charge on any atom is -0.339 e. The van der Waals surface area contributed by atoms with Gasteiger partial charge in [0.05, 0.1) is 30.3 Å². The van der Waals surface area contributed by atoms with Crippen LogP contribution in [0, 0.1) is 0 Å². The third-order valence-corrected chi connectivity index (χ3v) is 6.69. The summed E-state index contributed by atoms with van der Waals surface area (Å²) in [7, 11) is 1.94. The van der Waals surface area contributed by atoms with E-state index in [1.165, 1.54) is 0 Å². The number of fused-ring (bicyclic) bond motifs is 1. The summed E-state index contributed by atoms with van der Waals surface area (Å²) in [5.74, 6) is 1.21. The van der Waals surface area contributed by atoms with Crippen LogP contribution in [0.2, 0.25) is 0 Å². The van der Waals surface area contributed by atoms with Crippen LogP contribution in [0.15, 0.2) is 42.7 Å². The van der Waals surface area contributed by atoms with Gasteiger partial charge in [-0.3, -0.25) is 9.59 Å². The SMILES string of the molecule is CC(=O)N1CCN(c2nc3c(c(N(C)c4cnn(-c5ccccc5)c4)n2)CN(C(C)C)C3=O)CC1. The molecule has 1 saturated heterocycles. The molecule has 0 N–H and O–H groups in total. The molecule has 2 amide bonds. The number of aromatic nitrogens is 4. The Kier molecular flexibility index (Phi) is 5.88. The molecule has 0 unspecified atom stereocenters. The normalized spacial score (nSPS) is 15.7. The van der Waals surface area contributed by atoms with Gasteiger partial charge in [-0.05, 0) is 26.0 Å². The number of anilines is 3. The first kappa shape index (κ1) is 22.8. The Morgan fingerprint density at radius 2 is 1.77 bits per heavy atom. The fourth-order valence-electron chi connectivity index (χ4n) is 4.55. The highest BCUT2D eigenvalue weighted by Crippen LogP contribution is 2.35. The topological polar surface area (TPSA) is 90.7 Å². The van der Waals surface area contributed by atoms with E-state index in [0.29, 0.717) is 50.2 Å². The number of hydrogen-bond donors (Lipinski definition) is 0. The van der Waals surface area contributed by atoms with E-state index in [4.69, 9.17) is 9.97 Å². The Morgan fingerprint density at radius 1 is 1.06 bits per heavy atom. The standard InChI is InChI=1S/C25H30N8O2/c1-17(2)32-16-21-22(24(32)35)27-25(31-12-10-30(11-13-31)18(3)34)28-23(21)29(4)20-14-26-33(15-20)19-8-6-5-7-9-19/h5-9,14-15,17H,10-13,16H2,1-4H3. The van der Waals surface area contributed by atoms with E-state index in [9.17, 15) is 9.59 Å². The average Bonchev–Trinajstić information content (AvgIpc) is 3.49. The molecule has 182 valence electrons. The summed E-state index contributed by atoms with van der Waals surface area (Å²) in [6, 6.07) is 9.97. The van der Waals surface area contributed by atoms with Crippen LogP contribution in [0.5, 0.6) is 0 Å². The van der Waals surface area contributed by atoms with E-state index in [2.05, 4.69) is 10.00 Å². The lowest BCUT2D eigenvalue weighted by atomic mass is 10.2. The number of hydrogen-bond acceptors (Lipinski definition) is 7. The number of amides is 2. The van der Waals surface area contributed by atoms with Crippen LogP contribution in [0.3, 0.4) is 0 Å². The maximum Gasteiger partial charge on any atom is 0.273 e. The molecule has 2 aliphatic rings. The number of rotatable bonds is 5. The number of benzene rings is 1. The van der Waals surface area contributed by atoms with E-state index >= 15 is 0 Å². The third kappa shape index (κ3) is 4.20. The summed E-state index contributed by atoms with van der Waals surface area (Å²) in [4.78, 5) is 42.3. The zero-order valence-corrected chi connectivity index (χ0v) is 20.5. The van der Waals surface area contributed by atoms with Crippen LogP contribution in [0.25, 0.3) is 5.69 Å². The first-order chi connectivity index (χ1) is 16.8. The molecule has 1 aromatic carbocycles. The van der Waals surface area contributed by atoms with E-state index < -0.39 is 0 Å². The van der Waals surface area contributed by atoms with Crippen molar-refractivity contribution in [2.75, 3.05) is 43.0 Å². The van der Waals surface area contributed by atoms with E-state index in [1.807, 2.05) is 76.8 Å². The number of nitrogens with zero attached hydrogens (tertiary/aromatic N) is 8. The molecule has 3 aromatic rings. The van der Waals surface area contributed by atoms with Gasteiger partial charge in [-0.2, -0.15) is 10.1 Å². The van der Waals surface area contributed by atoms with Gasteiger partial charge in [-0.25, -0.2) is 9.67 Å². The number of carbonyl (C=O) groups excluding carboxylic acids is 2. The Balaban J connectivity index is 1.51. The monoisotopic (exact) mass is 474 g/mol. The van der Waals surface area contributed by atoms with Crippen molar-refractivity contribution in [3.63, 3.8) is 0 Å². The van der Waals surface area contributed by atoms with Gasteiger partial charge in [0, 0.05) is 51.8 Å². The number of para-hydroxylation sites is 1. The maximum atomic E-state index is 13.2. The molecule has 2 aliphatic heterocycles. The molecular formula is C25H30N8O2. The molecule has 10 nitrogen and oxygen atoms in total. The molecule has 0 bridgehead atoms. The predicted octanol–water partition coefficient (Wildman–Crippen LogP) is 2.46. The highest BCUT2D eigenvalue weighted by Gasteiger charge is 2.36. The largest absolute Gasteiger partial charge is 0.339 e. The second kappa shape index (κ2) is 9.01. The minimum absolute atomic E-state index is 0.0539. The zero-order valence-electron chi connectivity index (χ0n) is 20.5. The minimum atomic E-state index is -0.0735. The van der Waals surface area contributed by atoms with Crippen LogP contribution in [0.1, 0.15) is 36.8 Å². The quantitative estimate of drug-likeness (QED) is 0.561. The second-order valence-electron chi connectivity index (χ2n) is 9.23. The van der Waals surface area contributed by atoms with Gasteiger partial charge >= 0.3 is 0 Å². The van der Waals surface area contributed by atoms with Crippen molar-refractivity contribution < 1.29 is 9.59 Å². The van der Waals surface area contributed by atoms with Gasteiger partial charge in [-0.15, -0.1) is 0 Å². The van der Waals surface area contributed by atoms with Crippen molar-refractivity contribution in [3.05, 3.63) is 54.0 Å². The van der Waals surface area contributed by atoms with Crippen molar-refractivity contribution in [2.45, 2.75) is 33.4 Å². The molecule has 10 heteroatoms. The molecule has 0 atom stereocenters. The van der Waals surface area contributed by atoms with Crippen LogP contribution in [-0.4, -0.2) is 80.6 Å². The van der Waals surface area contributed by atoms with Crippen molar-refractivity contribution >= 4 is 29.3 Å². The Hall–Kier alpha value is -3.95. The second-order valence-corrected chi connectivity index (χ2v) is 9.23. The average molecular weight is 475 g/mol. The molecule has 0 saturated carbocycles. The summed E-state index contributed by atoms with van der Waals surface area (Å²) in [5.41, 5.74) is 3.10. The zero-order chi connectivity index (χ0) is 24.7. The molecule has 1 fully saturated rings. The molecule has 35 heavy (non-hydrogen) atoms. The Labute approximate surface area is 204 Å². The molecule has 5 rings (SSSR count). The van der Waals surface area contributed by atoms with Gasteiger partial charge in [0.25, 0.3) is 5.91 Å². The lowest BCUT2D eigenvalue weighted by molar-refractivity contribution is -0.129. The molecule has 2 aromatic heterocycles. The molecule has 0 radical (unpaired) electrons. The lowest BCUT2D eigenvalue weighted by Gasteiger charge is -2.34. The van der Waals surface area contributed by atoms with Crippen LogP contribution >= 0.6 is 0 Å². The smallest absolute Gasteiger partial charge is 0.273 e. The summed E-state index contributed by atoms with van der Waals surface area (Å²) in [6.07, 6.45) is 3.75. The molecular weight excluding hydrogens is 444 g/mol. The summed E-state index contributed by atoms with van der Waals surface area (Å²) in [6.45, 7) is 8.53. The molecule has 4 heterocycles.